The Morgan fingerprint density at radius 1 is 1.25 bits per heavy atom. The van der Waals surface area contributed by atoms with Crippen molar-refractivity contribution >= 4 is 23.3 Å². The van der Waals surface area contributed by atoms with Crippen LogP contribution >= 0.6 is 7.14 Å². The molecule has 16 heavy (non-hydrogen) atoms. The van der Waals surface area contributed by atoms with Crippen LogP contribution < -0.4 is 5.30 Å². The summed E-state index contributed by atoms with van der Waals surface area (Å²) in [5.74, 6) is 0. The lowest BCUT2D eigenvalue weighted by atomic mass is 10.1. The second-order valence-electron chi connectivity index (χ2n) is 4.25. The predicted molar refractivity (Wildman–Crippen MR) is 68.0 cm³/mol. The Kier molecular flexibility index (Phi) is 2.81. The number of hydrogen-bond donors (Lipinski definition) is 0. The van der Waals surface area contributed by atoms with Gasteiger partial charge in [0.25, 0.3) is 0 Å². The van der Waals surface area contributed by atoms with Crippen LogP contribution in [-0.2, 0) is 11.0 Å². The predicted octanol–water partition coefficient (Wildman–Crippen LogP) is 2.44. The van der Waals surface area contributed by atoms with E-state index in [1.165, 1.54) is 0 Å². The number of benzene rings is 1. The number of aromatic nitrogens is 2. The number of fused-ring (bicyclic) bond motifs is 1. The van der Waals surface area contributed by atoms with E-state index in [2.05, 4.69) is 17.1 Å². The van der Waals surface area contributed by atoms with Crippen LogP contribution in [-0.4, -0.2) is 23.5 Å². The second kappa shape index (κ2) is 3.99. The lowest BCUT2D eigenvalue weighted by Gasteiger charge is -2.14. The van der Waals surface area contributed by atoms with E-state index in [1.807, 2.05) is 18.2 Å². The van der Waals surface area contributed by atoms with Crippen molar-refractivity contribution < 1.29 is 4.57 Å². The normalized spacial score (nSPS) is 11.9. The zero-order valence-electron chi connectivity index (χ0n) is 9.77. The van der Waals surface area contributed by atoms with Crippen LogP contribution in [0.3, 0.4) is 0 Å². The summed E-state index contributed by atoms with van der Waals surface area (Å²) >= 11 is 0. The molecule has 0 atom stereocenters. The lowest BCUT2D eigenvalue weighted by molar-refractivity contribution is 0.588. The molecule has 3 nitrogen and oxygen atoms in total. The molecule has 0 bridgehead atoms. The molecule has 0 amide bonds. The molecule has 1 heterocycles. The SMILES string of the molecule is CCc1ccc2ccnnc2c1P(C)(C)=O. The first-order valence-corrected chi connectivity index (χ1v) is 7.93. The van der Waals surface area contributed by atoms with Gasteiger partial charge in [0.2, 0.25) is 0 Å². The first-order chi connectivity index (χ1) is 7.54. The van der Waals surface area contributed by atoms with Gasteiger partial charge in [0.05, 0.1) is 6.20 Å². The van der Waals surface area contributed by atoms with E-state index in [0.29, 0.717) is 0 Å². The van der Waals surface area contributed by atoms with Gasteiger partial charge in [-0.1, -0.05) is 19.1 Å². The lowest BCUT2D eigenvalue weighted by Crippen LogP contribution is -2.13. The first-order valence-electron chi connectivity index (χ1n) is 5.33. The Labute approximate surface area is 95.3 Å². The summed E-state index contributed by atoms with van der Waals surface area (Å²) in [5, 5.41) is 9.92. The molecule has 0 unspecified atom stereocenters. The zero-order valence-corrected chi connectivity index (χ0v) is 10.7. The van der Waals surface area contributed by atoms with Crippen molar-refractivity contribution in [1.82, 2.24) is 10.2 Å². The van der Waals surface area contributed by atoms with Gasteiger partial charge < -0.3 is 4.57 Å². The fourth-order valence-electron chi connectivity index (χ4n) is 1.97. The van der Waals surface area contributed by atoms with E-state index in [0.717, 1.165) is 28.2 Å². The first kappa shape index (κ1) is 11.3. The van der Waals surface area contributed by atoms with Crippen LogP contribution in [0.4, 0.5) is 0 Å². The molecule has 0 saturated heterocycles. The third-order valence-electron chi connectivity index (χ3n) is 2.66. The molecule has 0 fully saturated rings. The monoisotopic (exact) mass is 234 g/mol. The number of nitrogens with zero attached hydrogens (tertiary/aromatic N) is 2. The van der Waals surface area contributed by atoms with E-state index in [9.17, 15) is 4.57 Å². The standard InChI is InChI=1S/C12H15N2OP/c1-4-9-5-6-10-7-8-13-14-11(10)12(9)16(2,3)15/h5-8H,4H2,1-3H3. The van der Waals surface area contributed by atoms with Gasteiger partial charge in [-0.25, -0.2) is 0 Å². The highest BCUT2D eigenvalue weighted by Gasteiger charge is 2.19. The maximum atomic E-state index is 12.3. The Morgan fingerprint density at radius 3 is 2.62 bits per heavy atom. The van der Waals surface area contributed by atoms with Crippen molar-refractivity contribution in [2.45, 2.75) is 13.3 Å². The fraction of sp³-hybridized carbons (Fsp3) is 0.333. The van der Waals surface area contributed by atoms with Crippen molar-refractivity contribution in [2.75, 3.05) is 13.3 Å². The van der Waals surface area contributed by atoms with Gasteiger partial charge in [-0.3, -0.25) is 0 Å². The molecule has 0 radical (unpaired) electrons. The van der Waals surface area contributed by atoms with Gasteiger partial charge in [0, 0.05) is 10.7 Å². The molecule has 0 spiro atoms. The van der Waals surface area contributed by atoms with Gasteiger partial charge in [-0.2, -0.15) is 5.10 Å². The third kappa shape index (κ3) is 1.88. The molecular formula is C12H15N2OP. The van der Waals surface area contributed by atoms with E-state index >= 15 is 0 Å². The summed E-state index contributed by atoms with van der Waals surface area (Å²) in [6.07, 6.45) is 2.53. The molecular weight excluding hydrogens is 219 g/mol. The number of hydrogen-bond acceptors (Lipinski definition) is 3. The topological polar surface area (TPSA) is 42.9 Å². The molecule has 0 aliphatic heterocycles. The van der Waals surface area contributed by atoms with Crippen LogP contribution in [0, 0.1) is 0 Å². The zero-order chi connectivity index (χ0) is 11.8. The maximum Gasteiger partial charge on any atom is 0.112 e. The minimum atomic E-state index is -2.32. The van der Waals surface area contributed by atoms with Crippen molar-refractivity contribution in [3.63, 3.8) is 0 Å². The summed E-state index contributed by atoms with van der Waals surface area (Å²) in [6, 6.07) is 5.96. The number of aryl methyl sites for hydroxylation is 1. The molecule has 0 saturated carbocycles. The van der Waals surface area contributed by atoms with Crippen LogP contribution in [0.25, 0.3) is 10.9 Å². The molecule has 84 valence electrons. The van der Waals surface area contributed by atoms with E-state index in [1.54, 1.807) is 19.5 Å². The van der Waals surface area contributed by atoms with E-state index in [4.69, 9.17) is 0 Å². The summed E-state index contributed by atoms with van der Waals surface area (Å²) < 4.78 is 12.3. The Hall–Kier alpha value is -1.21. The summed E-state index contributed by atoms with van der Waals surface area (Å²) in [5.41, 5.74) is 1.90. The highest BCUT2D eigenvalue weighted by molar-refractivity contribution is 7.70. The van der Waals surface area contributed by atoms with E-state index < -0.39 is 7.14 Å². The molecule has 2 rings (SSSR count). The van der Waals surface area contributed by atoms with Gasteiger partial charge in [-0.15, -0.1) is 5.10 Å². The van der Waals surface area contributed by atoms with Gasteiger partial charge in [0.15, 0.2) is 0 Å². The molecule has 1 aromatic heterocycles. The van der Waals surface area contributed by atoms with Gasteiger partial charge in [-0.05, 0) is 31.4 Å². The Balaban J connectivity index is 2.89. The molecule has 0 aliphatic carbocycles. The van der Waals surface area contributed by atoms with Gasteiger partial charge in [0.1, 0.15) is 12.7 Å². The summed E-state index contributed by atoms with van der Waals surface area (Å²) in [7, 11) is -2.32. The van der Waals surface area contributed by atoms with Crippen LogP contribution in [0.1, 0.15) is 12.5 Å². The maximum absolute atomic E-state index is 12.3. The van der Waals surface area contributed by atoms with E-state index in [-0.39, 0.29) is 0 Å². The molecule has 1 aromatic carbocycles. The number of rotatable bonds is 2. The summed E-state index contributed by atoms with van der Waals surface area (Å²) in [4.78, 5) is 0. The second-order valence-corrected chi connectivity index (χ2v) is 7.40. The quantitative estimate of drug-likeness (QED) is 0.749. The molecule has 2 aromatic rings. The fourth-order valence-corrected chi connectivity index (χ4v) is 3.58. The van der Waals surface area contributed by atoms with Crippen molar-refractivity contribution in [1.29, 1.82) is 0 Å². The smallest absolute Gasteiger partial charge is 0.112 e. The third-order valence-corrected chi connectivity index (χ3v) is 4.24. The highest BCUT2D eigenvalue weighted by Crippen LogP contribution is 2.38. The van der Waals surface area contributed by atoms with Gasteiger partial charge >= 0.3 is 0 Å². The minimum absolute atomic E-state index is 0.787. The Bertz CT molecular complexity index is 574. The molecule has 0 N–H and O–H groups in total. The average Bonchev–Trinajstić information content (AvgIpc) is 2.26. The van der Waals surface area contributed by atoms with Crippen molar-refractivity contribution in [3.8, 4) is 0 Å². The van der Waals surface area contributed by atoms with Crippen molar-refractivity contribution in [2.24, 2.45) is 0 Å². The molecule has 4 heteroatoms. The van der Waals surface area contributed by atoms with Crippen LogP contribution in [0.5, 0.6) is 0 Å². The van der Waals surface area contributed by atoms with Crippen LogP contribution in [0.2, 0.25) is 0 Å². The summed E-state index contributed by atoms with van der Waals surface area (Å²) in [6.45, 7) is 5.64. The molecule has 0 aliphatic rings. The highest BCUT2D eigenvalue weighted by atomic mass is 31.2. The Morgan fingerprint density at radius 2 is 2.00 bits per heavy atom. The largest absolute Gasteiger partial charge is 0.319 e. The van der Waals surface area contributed by atoms with Crippen molar-refractivity contribution in [3.05, 3.63) is 30.0 Å². The average molecular weight is 234 g/mol. The minimum Gasteiger partial charge on any atom is -0.319 e. The van der Waals surface area contributed by atoms with Crippen LogP contribution in [0.15, 0.2) is 24.4 Å².